The van der Waals surface area contributed by atoms with Gasteiger partial charge in [0.15, 0.2) is 0 Å². The molecule has 0 radical (unpaired) electrons. The number of ether oxygens (including phenoxy) is 1. The Morgan fingerprint density at radius 3 is 1.91 bits per heavy atom. The van der Waals surface area contributed by atoms with Gasteiger partial charge in [0.1, 0.15) is 0 Å². The van der Waals surface area contributed by atoms with Crippen LogP contribution in [0.5, 0.6) is 0 Å². The third-order valence-corrected chi connectivity index (χ3v) is 12.2. The van der Waals surface area contributed by atoms with Crippen LogP contribution in [0.2, 0.25) is 5.04 Å². The molecule has 0 saturated carbocycles. The van der Waals surface area contributed by atoms with Gasteiger partial charge >= 0.3 is 0 Å². The molecule has 0 amide bonds. The van der Waals surface area contributed by atoms with Gasteiger partial charge in [0, 0.05) is 0 Å². The molecule has 2 nitrogen and oxygen atoms in total. The lowest BCUT2D eigenvalue weighted by molar-refractivity contribution is -0.0544. The van der Waals surface area contributed by atoms with Crippen LogP contribution in [0.3, 0.4) is 0 Å². The molecule has 1 heterocycles. The first-order valence-corrected chi connectivity index (χ1v) is 15.3. The van der Waals surface area contributed by atoms with Gasteiger partial charge in [-0.15, -0.1) is 0 Å². The molecule has 0 aliphatic carbocycles. The highest BCUT2D eigenvalue weighted by atomic mass is 28.4. The third kappa shape index (κ3) is 7.04. The number of unbranched alkanes of at least 4 members (excludes halogenated alkanes) is 3. The van der Waals surface area contributed by atoms with Crippen LogP contribution in [0, 0.1) is 0 Å². The van der Waals surface area contributed by atoms with Gasteiger partial charge in [-0.3, -0.25) is 0 Å². The van der Waals surface area contributed by atoms with E-state index in [1.807, 2.05) is 0 Å². The summed E-state index contributed by atoms with van der Waals surface area (Å²) in [5, 5.41) is 2.72. The van der Waals surface area contributed by atoms with Crippen molar-refractivity contribution in [3.63, 3.8) is 0 Å². The lowest BCUT2D eigenvalue weighted by atomic mass is 10.00. The van der Waals surface area contributed by atoms with E-state index in [1.54, 1.807) is 0 Å². The predicted molar refractivity (Wildman–Crippen MR) is 144 cm³/mol. The fourth-order valence-corrected chi connectivity index (χ4v) is 10.0. The number of hydrogen-bond donors (Lipinski definition) is 0. The Hall–Kier alpha value is -1.42. The van der Waals surface area contributed by atoms with Crippen LogP contribution in [0.15, 0.2) is 60.7 Å². The molecule has 1 fully saturated rings. The molecule has 33 heavy (non-hydrogen) atoms. The molecule has 0 aromatic heterocycles. The summed E-state index contributed by atoms with van der Waals surface area (Å²) in [5.74, 6) is 0. The zero-order valence-corrected chi connectivity index (χ0v) is 22.5. The van der Waals surface area contributed by atoms with Gasteiger partial charge in [0.2, 0.25) is 0 Å². The monoisotopic (exact) mass is 466 g/mol. The van der Waals surface area contributed by atoms with Gasteiger partial charge in [0.25, 0.3) is 8.32 Å². The van der Waals surface area contributed by atoms with Crippen molar-refractivity contribution < 1.29 is 9.16 Å². The van der Waals surface area contributed by atoms with Crippen LogP contribution in [-0.2, 0) is 9.16 Å². The van der Waals surface area contributed by atoms with Crippen molar-refractivity contribution in [2.45, 2.75) is 109 Å². The van der Waals surface area contributed by atoms with E-state index in [0.717, 1.165) is 6.42 Å². The first-order chi connectivity index (χ1) is 16.0. The van der Waals surface area contributed by atoms with E-state index in [4.69, 9.17) is 9.16 Å². The van der Waals surface area contributed by atoms with Crippen molar-refractivity contribution in [2.24, 2.45) is 0 Å². The highest BCUT2D eigenvalue weighted by Gasteiger charge is 2.50. The second-order valence-electron chi connectivity index (χ2n) is 10.8. The maximum absolute atomic E-state index is 7.21. The number of hydrogen-bond acceptors (Lipinski definition) is 2. The molecule has 0 N–H and O–H groups in total. The van der Waals surface area contributed by atoms with Crippen molar-refractivity contribution in [3.05, 3.63) is 60.7 Å². The molecule has 0 bridgehead atoms. The molecule has 182 valence electrons. The second-order valence-corrected chi connectivity index (χ2v) is 15.1. The molecule has 1 saturated heterocycles. The molecular formula is C30H46O2Si. The molecule has 1 aliphatic rings. The van der Waals surface area contributed by atoms with Gasteiger partial charge in [-0.2, -0.15) is 0 Å². The maximum Gasteiger partial charge on any atom is 0.261 e. The highest BCUT2D eigenvalue weighted by molar-refractivity contribution is 6.99. The van der Waals surface area contributed by atoms with Crippen LogP contribution < -0.4 is 10.4 Å². The zero-order valence-electron chi connectivity index (χ0n) is 21.5. The minimum Gasteiger partial charge on any atom is -0.405 e. The summed E-state index contributed by atoms with van der Waals surface area (Å²) >= 11 is 0. The van der Waals surface area contributed by atoms with Crippen LogP contribution in [0.4, 0.5) is 0 Å². The van der Waals surface area contributed by atoms with E-state index in [1.165, 1.54) is 68.2 Å². The maximum atomic E-state index is 7.21. The summed E-state index contributed by atoms with van der Waals surface area (Å²) in [4.78, 5) is 0. The van der Waals surface area contributed by atoms with Crippen molar-refractivity contribution in [1.82, 2.24) is 0 Å². The molecule has 2 aromatic rings. The average Bonchev–Trinajstić information content (AvgIpc) is 2.80. The first-order valence-electron chi connectivity index (χ1n) is 13.4. The Morgan fingerprint density at radius 1 is 0.788 bits per heavy atom. The van der Waals surface area contributed by atoms with Gasteiger partial charge < -0.3 is 9.16 Å². The topological polar surface area (TPSA) is 18.5 Å². The van der Waals surface area contributed by atoms with Crippen LogP contribution >= 0.6 is 0 Å². The summed E-state index contributed by atoms with van der Waals surface area (Å²) < 4.78 is 14.0. The largest absolute Gasteiger partial charge is 0.405 e. The Morgan fingerprint density at radius 2 is 1.36 bits per heavy atom. The van der Waals surface area contributed by atoms with Crippen molar-refractivity contribution in [3.8, 4) is 0 Å². The molecule has 0 unspecified atom stereocenters. The second kappa shape index (κ2) is 12.9. The third-order valence-electron chi connectivity index (χ3n) is 7.22. The van der Waals surface area contributed by atoms with Gasteiger partial charge in [-0.25, -0.2) is 0 Å². The summed E-state index contributed by atoms with van der Waals surface area (Å²) in [6.07, 6.45) is 13.3. The van der Waals surface area contributed by atoms with Crippen LogP contribution in [0.25, 0.3) is 0 Å². The van der Waals surface area contributed by atoms with Crippen LogP contribution in [0.1, 0.15) is 91.9 Å². The molecule has 1 aliphatic heterocycles. The molecule has 2 atom stereocenters. The van der Waals surface area contributed by atoms with E-state index >= 15 is 0 Å². The lowest BCUT2D eigenvalue weighted by Gasteiger charge is -2.44. The Labute approximate surface area is 204 Å². The molecule has 3 heteroatoms. The smallest absolute Gasteiger partial charge is 0.261 e. The standard InChI is InChI=1S/C30H46O2Si/c1-5-6-7-11-18-26-19-12-8-13-20-27(32-26)25-31-33(30(2,3)4,28-21-14-9-15-22-28)29-23-16-10-17-24-29/h9-10,14-17,21-24,26-27H,5-8,11-13,18-20,25H2,1-4H3/t26-,27-/m0/s1. The molecule has 0 spiro atoms. The van der Waals surface area contributed by atoms with Gasteiger partial charge in [-0.1, -0.05) is 133 Å². The van der Waals surface area contributed by atoms with E-state index in [9.17, 15) is 0 Å². The van der Waals surface area contributed by atoms with E-state index in [0.29, 0.717) is 12.7 Å². The molecule has 3 rings (SSSR count). The van der Waals surface area contributed by atoms with Crippen molar-refractivity contribution in [2.75, 3.05) is 6.61 Å². The van der Waals surface area contributed by atoms with Gasteiger partial charge in [0.05, 0.1) is 18.8 Å². The van der Waals surface area contributed by atoms with E-state index in [2.05, 4.69) is 88.4 Å². The van der Waals surface area contributed by atoms with Crippen molar-refractivity contribution >= 4 is 18.7 Å². The fraction of sp³-hybridized carbons (Fsp3) is 0.600. The summed E-state index contributed by atoms with van der Waals surface area (Å²) in [7, 11) is -2.50. The molecular weight excluding hydrogens is 420 g/mol. The summed E-state index contributed by atoms with van der Waals surface area (Å²) in [6.45, 7) is 10.0. The predicted octanol–water partition coefficient (Wildman–Crippen LogP) is 7.25. The summed E-state index contributed by atoms with van der Waals surface area (Å²) in [6, 6.07) is 22.0. The SMILES string of the molecule is CCCCCC[C@H]1CCCCC[C@@H](CO[Si](c2ccccc2)(c2ccccc2)C(C)(C)C)O1. The Bertz CT molecular complexity index is 744. The van der Waals surface area contributed by atoms with E-state index < -0.39 is 8.32 Å². The van der Waals surface area contributed by atoms with Gasteiger partial charge in [-0.05, 0) is 34.7 Å². The fourth-order valence-electron chi connectivity index (χ4n) is 5.44. The van der Waals surface area contributed by atoms with Crippen molar-refractivity contribution in [1.29, 1.82) is 0 Å². The molecule has 2 aromatic carbocycles. The Balaban J connectivity index is 1.82. The van der Waals surface area contributed by atoms with E-state index in [-0.39, 0.29) is 11.1 Å². The first kappa shape index (κ1) is 26.2. The average molecular weight is 467 g/mol. The quantitative estimate of drug-likeness (QED) is 0.271. The highest BCUT2D eigenvalue weighted by Crippen LogP contribution is 2.37. The number of benzene rings is 2. The number of rotatable bonds is 10. The minimum atomic E-state index is -2.50. The Kier molecular flexibility index (Phi) is 10.2. The lowest BCUT2D eigenvalue weighted by Crippen LogP contribution is -2.67. The summed E-state index contributed by atoms with van der Waals surface area (Å²) in [5.41, 5.74) is 0. The van der Waals surface area contributed by atoms with Crippen LogP contribution in [-0.4, -0.2) is 27.1 Å². The minimum absolute atomic E-state index is 0.0108. The normalized spacial score (nSPS) is 20.2. The zero-order chi connectivity index (χ0) is 23.6.